The van der Waals surface area contributed by atoms with Crippen LogP contribution in [0.5, 0.6) is 0 Å². The van der Waals surface area contributed by atoms with E-state index >= 15 is 0 Å². The summed E-state index contributed by atoms with van der Waals surface area (Å²) in [5.41, 5.74) is -0.135. The summed E-state index contributed by atoms with van der Waals surface area (Å²) in [6.45, 7) is 4.45. The van der Waals surface area contributed by atoms with E-state index in [0.717, 1.165) is 50.8 Å². The molecule has 0 amide bonds. The fraction of sp³-hybridized carbons (Fsp3) is 0.647. The van der Waals surface area contributed by atoms with Gasteiger partial charge in [-0.15, -0.1) is 0 Å². The lowest BCUT2D eigenvalue weighted by Crippen LogP contribution is -2.34. The summed E-state index contributed by atoms with van der Waals surface area (Å²) in [4.78, 5) is 4.73. The van der Waals surface area contributed by atoms with Crippen LogP contribution < -0.4 is 0 Å². The summed E-state index contributed by atoms with van der Waals surface area (Å²) in [5, 5.41) is 10.3. The first-order valence-electron chi connectivity index (χ1n) is 8.25. The standard InChI is InChI=1S/C17H23F3N2O/c18-17(19,20)14-4-2-13(3-5-14)16(23)12-21-8-1-9-22(11-10-21)15-6-7-15/h2-5,15-16,23H,1,6-12H2/t16-/m0/s1. The van der Waals surface area contributed by atoms with Crippen molar-refractivity contribution in [3.05, 3.63) is 35.4 Å². The summed E-state index contributed by atoms with van der Waals surface area (Å²) in [7, 11) is 0. The average Bonchev–Trinajstić information content (AvgIpc) is 3.33. The van der Waals surface area contributed by atoms with Crippen LogP contribution in [0.25, 0.3) is 0 Å². The predicted octanol–water partition coefficient (Wildman–Crippen LogP) is 2.91. The second-order valence-electron chi connectivity index (χ2n) is 6.56. The van der Waals surface area contributed by atoms with Gasteiger partial charge in [-0.3, -0.25) is 9.80 Å². The van der Waals surface area contributed by atoms with E-state index < -0.39 is 17.8 Å². The highest BCUT2D eigenvalue weighted by molar-refractivity contribution is 5.26. The van der Waals surface area contributed by atoms with Gasteiger partial charge in [-0.05, 0) is 50.0 Å². The molecule has 2 fully saturated rings. The zero-order valence-corrected chi connectivity index (χ0v) is 13.1. The first-order valence-corrected chi connectivity index (χ1v) is 8.25. The first kappa shape index (κ1) is 16.7. The van der Waals surface area contributed by atoms with Crippen LogP contribution in [-0.4, -0.2) is 53.7 Å². The molecule has 1 aromatic carbocycles. The van der Waals surface area contributed by atoms with Gasteiger partial charge in [0.05, 0.1) is 11.7 Å². The van der Waals surface area contributed by atoms with Crippen molar-refractivity contribution in [3.8, 4) is 0 Å². The van der Waals surface area contributed by atoms with Gasteiger partial charge in [0, 0.05) is 25.7 Å². The predicted molar refractivity (Wildman–Crippen MR) is 82.1 cm³/mol. The lowest BCUT2D eigenvalue weighted by atomic mass is 10.1. The molecule has 2 aliphatic rings. The molecule has 0 spiro atoms. The van der Waals surface area contributed by atoms with Crippen LogP contribution in [0.1, 0.15) is 36.5 Å². The molecular weight excluding hydrogens is 305 g/mol. The van der Waals surface area contributed by atoms with E-state index in [1.54, 1.807) is 0 Å². The van der Waals surface area contributed by atoms with Crippen LogP contribution in [0, 0.1) is 0 Å². The Balaban J connectivity index is 1.54. The lowest BCUT2D eigenvalue weighted by molar-refractivity contribution is -0.137. The van der Waals surface area contributed by atoms with Crippen LogP contribution >= 0.6 is 0 Å². The molecule has 6 heteroatoms. The molecule has 1 atom stereocenters. The summed E-state index contributed by atoms with van der Waals surface area (Å²) < 4.78 is 37.7. The van der Waals surface area contributed by atoms with E-state index in [-0.39, 0.29) is 0 Å². The average molecular weight is 328 g/mol. The first-order chi connectivity index (χ1) is 10.9. The number of aliphatic hydroxyl groups excluding tert-OH is 1. The molecule has 1 aromatic rings. The minimum absolute atomic E-state index is 0.476. The summed E-state index contributed by atoms with van der Waals surface area (Å²) >= 11 is 0. The Morgan fingerprint density at radius 2 is 1.74 bits per heavy atom. The van der Waals surface area contributed by atoms with Gasteiger partial charge in [0.25, 0.3) is 0 Å². The normalized spacial score (nSPS) is 22.8. The molecule has 0 aromatic heterocycles. The molecule has 3 nitrogen and oxygen atoms in total. The Labute approximate surface area is 134 Å². The van der Waals surface area contributed by atoms with Crippen molar-refractivity contribution in [2.24, 2.45) is 0 Å². The Kier molecular flexibility index (Phi) is 4.94. The van der Waals surface area contributed by atoms with Crippen molar-refractivity contribution in [2.45, 2.75) is 37.6 Å². The second kappa shape index (κ2) is 6.79. The van der Waals surface area contributed by atoms with Crippen LogP contribution in [0.3, 0.4) is 0 Å². The SMILES string of the molecule is O[C@@H](CN1CCCN(C2CC2)CC1)c1ccc(C(F)(F)F)cc1. The number of aliphatic hydroxyl groups is 1. The highest BCUT2D eigenvalue weighted by Gasteiger charge is 2.31. The molecule has 128 valence electrons. The molecule has 0 bridgehead atoms. The number of rotatable bonds is 4. The van der Waals surface area contributed by atoms with E-state index in [9.17, 15) is 18.3 Å². The van der Waals surface area contributed by atoms with Crippen LogP contribution in [0.2, 0.25) is 0 Å². The van der Waals surface area contributed by atoms with Gasteiger partial charge in [0.15, 0.2) is 0 Å². The van der Waals surface area contributed by atoms with E-state index in [4.69, 9.17) is 0 Å². The molecular formula is C17H23F3N2O. The molecule has 1 heterocycles. The zero-order chi connectivity index (χ0) is 16.4. The van der Waals surface area contributed by atoms with Gasteiger partial charge in [-0.1, -0.05) is 12.1 Å². The van der Waals surface area contributed by atoms with Crippen molar-refractivity contribution < 1.29 is 18.3 Å². The van der Waals surface area contributed by atoms with Gasteiger partial charge in [-0.25, -0.2) is 0 Å². The fourth-order valence-corrected chi connectivity index (χ4v) is 3.22. The molecule has 1 aliphatic heterocycles. The number of halogens is 3. The summed E-state index contributed by atoms with van der Waals surface area (Å²) in [6, 6.07) is 5.59. The molecule has 1 saturated carbocycles. The third kappa shape index (κ3) is 4.46. The summed E-state index contributed by atoms with van der Waals surface area (Å²) in [6.07, 6.45) is -1.40. The van der Waals surface area contributed by atoms with Crippen LogP contribution in [0.15, 0.2) is 24.3 Å². The fourth-order valence-electron chi connectivity index (χ4n) is 3.22. The maximum absolute atomic E-state index is 12.6. The maximum Gasteiger partial charge on any atom is 0.416 e. The Hall–Kier alpha value is -1.11. The zero-order valence-electron chi connectivity index (χ0n) is 13.1. The van der Waals surface area contributed by atoms with Gasteiger partial charge in [-0.2, -0.15) is 13.2 Å². The molecule has 1 N–H and O–H groups in total. The van der Waals surface area contributed by atoms with E-state index in [1.807, 2.05) is 0 Å². The topological polar surface area (TPSA) is 26.7 Å². The number of nitrogens with zero attached hydrogens (tertiary/aromatic N) is 2. The Morgan fingerprint density at radius 3 is 2.35 bits per heavy atom. The van der Waals surface area contributed by atoms with Gasteiger partial charge in [0.1, 0.15) is 0 Å². The van der Waals surface area contributed by atoms with Crippen LogP contribution in [0.4, 0.5) is 13.2 Å². The minimum Gasteiger partial charge on any atom is -0.387 e. The Morgan fingerprint density at radius 1 is 1.04 bits per heavy atom. The molecule has 0 unspecified atom stereocenters. The number of benzene rings is 1. The molecule has 3 rings (SSSR count). The van der Waals surface area contributed by atoms with E-state index in [0.29, 0.717) is 12.1 Å². The van der Waals surface area contributed by atoms with Crippen LogP contribution in [-0.2, 0) is 6.18 Å². The quantitative estimate of drug-likeness (QED) is 0.921. The van der Waals surface area contributed by atoms with E-state index in [2.05, 4.69) is 9.80 Å². The number of hydrogen-bond donors (Lipinski definition) is 1. The van der Waals surface area contributed by atoms with Crippen molar-refractivity contribution >= 4 is 0 Å². The van der Waals surface area contributed by atoms with Crippen molar-refractivity contribution in [1.82, 2.24) is 9.80 Å². The maximum atomic E-state index is 12.6. The lowest BCUT2D eigenvalue weighted by Gasteiger charge is -2.24. The molecule has 0 radical (unpaired) electrons. The Bertz CT molecular complexity index is 514. The largest absolute Gasteiger partial charge is 0.416 e. The van der Waals surface area contributed by atoms with Gasteiger partial charge in [0.2, 0.25) is 0 Å². The third-order valence-corrected chi connectivity index (χ3v) is 4.74. The molecule has 1 aliphatic carbocycles. The second-order valence-corrected chi connectivity index (χ2v) is 6.56. The van der Waals surface area contributed by atoms with Gasteiger partial charge < -0.3 is 5.11 Å². The summed E-state index contributed by atoms with van der Waals surface area (Å²) in [5.74, 6) is 0. The van der Waals surface area contributed by atoms with Crippen molar-refractivity contribution in [3.63, 3.8) is 0 Å². The molecule has 1 saturated heterocycles. The smallest absolute Gasteiger partial charge is 0.387 e. The molecule has 23 heavy (non-hydrogen) atoms. The van der Waals surface area contributed by atoms with Crippen molar-refractivity contribution in [1.29, 1.82) is 0 Å². The third-order valence-electron chi connectivity index (χ3n) is 4.74. The minimum atomic E-state index is -4.33. The highest BCUT2D eigenvalue weighted by atomic mass is 19.4. The number of β-amino-alcohol motifs (C(OH)–C–C–N with tert-alkyl or cyclic N) is 1. The van der Waals surface area contributed by atoms with E-state index in [1.165, 1.54) is 25.0 Å². The van der Waals surface area contributed by atoms with Gasteiger partial charge >= 0.3 is 6.18 Å². The highest BCUT2D eigenvalue weighted by Crippen LogP contribution is 2.30. The number of hydrogen-bond acceptors (Lipinski definition) is 3. The van der Waals surface area contributed by atoms with Crippen molar-refractivity contribution in [2.75, 3.05) is 32.7 Å². The number of alkyl halides is 3. The monoisotopic (exact) mass is 328 g/mol.